The SMILES string of the molecule is Cc1cccc(NC(=O)Cn2nc(C)c3c(C(F)(F)F)cc(C4CC4)nc32)c1. The summed E-state index contributed by atoms with van der Waals surface area (Å²) in [5.74, 6) is -0.322. The standard InChI is InChI=1S/C20H19F3N4O/c1-11-4-3-5-14(8-11)24-17(28)10-27-19-18(12(2)26-27)15(20(21,22)23)9-16(25-19)13-6-7-13/h3-5,8-9,13H,6-7,10H2,1-2H3,(H,24,28). The Bertz CT molecular complexity index is 1070. The smallest absolute Gasteiger partial charge is 0.324 e. The summed E-state index contributed by atoms with van der Waals surface area (Å²) >= 11 is 0. The number of amides is 1. The molecule has 1 aliphatic rings. The molecular formula is C20H19F3N4O. The maximum atomic E-state index is 13.6. The van der Waals surface area contributed by atoms with Gasteiger partial charge in [-0.25, -0.2) is 9.67 Å². The van der Waals surface area contributed by atoms with Crippen LogP contribution in [0.3, 0.4) is 0 Å². The van der Waals surface area contributed by atoms with E-state index in [2.05, 4.69) is 15.4 Å². The number of carbonyl (C=O) groups excluding carboxylic acids is 1. The third kappa shape index (κ3) is 3.58. The number of carbonyl (C=O) groups is 1. The van der Waals surface area contributed by atoms with Crippen LogP contribution in [-0.2, 0) is 17.5 Å². The van der Waals surface area contributed by atoms with E-state index in [1.807, 2.05) is 25.1 Å². The molecule has 0 aliphatic heterocycles. The zero-order chi connectivity index (χ0) is 20.1. The van der Waals surface area contributed by atoms with Gasteiger partial charge >= 0.3 is 6.18 Å². The second kappa shape index (κ2) is 6.61. The van der Waals surface area contributed by atoms with Crippen LogP contribution in [0.5, 0.6) is 0 Å². The number of hydrogen-bond acceptors (Lipinski definition) is 3. The molecule has 0 atom stereocenters. The molecule has 0 bridgehead atoms. The Kier molecular flexibility index (Phi) is 4.36. The van der Waals surface area contributed by atoms with Crippen molar-refractivity contribution in [2.45, 2.75) is 45.3 Å². The van der Waals surface area contributed by atoms with Crippen molar-refractivity contribution in [3.8, 4) is 0 Å². The van der Waals surface area contributed by atoms with Crippen molar-refractivity contribution in [3.63, 3.8) is 0 Å². The van der Waals surface area contributed by atoms with Crippen molar-refractivity contribution in [2.75, 3.05) is 5.32 Å². The van der Waals surface area contributed by atoms with Gasteiger partial charge in [-0.3, -0.25) is 4.79 Å². The Balaban J connectivity index is 1.71. The molecule has 1 saturated carbocycles. The van der Waals surface area contributed by atoms with E-state index in [1.54, 1.807) is 6.07 Å². The molecule has 1 fully saturated rings. The van der Waals surface area contributed by atoms with Crippen molar-refractivity contribution < 1.29 is 18.0 Å². The molecule has 1 N–H and O–H groups in total. The van der Waals surface area contributed by atoms with Crippen molar-refractivity contribution in [2.24, 2.45) is 0 Å². The lowest BCUT2D eigenvalue weighted by atomic mass is 10.1. The summed E-state index contributed by atoms with van der Waals surface area (Å²) in [4.78, 5) is 16.9. The second-order valence-corrected chi connectivity index (χ2v) is 7.23. The van der Waals surface area contributed by atoms with E-state index in [4.69, 9.17) is 0 Å². The van der Waals surface area contributed by atoms with Crippen molar-refractivity contribution in [1.29, 1.82) is 0 Å². The molecule has 0 saturated heterocycles. The number of nitrogens with zero attached hydrogens (tertiary/aromatic N) is 3. The molecule has 28 heavy (non-hydrogen) atoms. The first kappa shape index (κ1) is 18.5. The average Bonchev–Trinajstić information content (AvgIpc) is 3.40. The van der Waals surface area contributed by atoms with Gasteiger partial charge in [0.25, 0.3) is 0 Å². The van der Waals surface area contributed by atoms with Gasteiger partial charge in [-0.15, -0.1) is 0 Å². The van der Waals surface area contributed by atoms with Gasteiger partial charge in [-0.05, 0) is 50.5 Å². The van der Waals surface area contributed by atoms with Crippen LogP contribution in [0.25, 0.3) is 11.0 Å². The number of alkyl halides is 3. The summed E-state index contributed by atoms with van der Waals surface area (Å²) in [6.07, 6.45) is -2.85. The molecule has 1 amide bonds. The molecule has 1 aromatic carbocycles. The van der Waals surface area contributed by atoms with Gasteiger partial charge in [0.2, 0.25) is 5.91 Å². The number of pyridine rings is 1. The lowest BCUT2D eigenvalue weighted by Gasteiger charge is -2.11. The van der Waals surface area contributed by atoms with Crippen LogP contribution < -0.4 is 5.32 Å². The minimum Gasteiger partial charge on any atom is -0.324 e. The van der Waals surface area contributed by atoms with Crippen molar-refractivity contribution in [1.82, 2.24) is 14.8 Å². The highest BCUT2D eigenvalue weighted by molar-refractivity contribution is 5.92. The third-order valence-corrected chi connectivity index (χ3v) is 4.79. The molecule has 0 spiro atoms. The number of aromatic nitrogens is 3. The Morgan fingerprint density at radius 1 is 1.25 bits per heavy atom. The molecule has 1 aliphatic carbocycles. The first-order valence-electron chi connectivity index (χ1n) is 9.04. The summed E-state index contributed by atoms with van der Waals surface area (Å²) < 4.78 is 42.1. The lowest BCUT2D eigenvalue weighted by molar-refractivity contribution is -0.136. The molecule has 146 valence electrons. The predicted octanol–water partition coefficient (Wildman–Crippen LogP) is 4.58. The fourth-order valence-corrected chi connectivity index (χ4v) is 3.35. The average molecular weight is 388 g/mol. The van der Waals surface area contributed by atoms with Gasteiger partial charge in [-0.2, -0.15) is 18.3 Å². The van der Waals surface area contributed by atoms with Crippen LogP contribution in [0.2, 0.25) is 0 Å². The molecule has 2 heterocycles. The van der Waals surface area contributed by atoms with Crippen LogP contribution in [0.15, 0.2) is 30.3 Å². The van der Waals surface area contributed by atoms with Gasteiger partial charge in [-0.1, -0.05) is 12.1 Å². The molecule has 0 radical (unpaired) electrons. The minimum absolute atomic E-state index is 0.0414. The van der Waals surface area contributed by atoms with Gasteiger partial charge in [0.05, 0.1) is 16.6 Å². The number of anilines is 1. The molecule has 8 heteroatoms. The Labute approximate surface area is 159 Å². The lowest BCUT2D eigenvalue weighted by Crippen LogP contribution is -2.20. The van der Waals surface area contributed by atoms with E-state index in [9.17, 15) is 18.0 Å². The number of halogens is 3. The normalized spacial score (nSPS) is 14.5. The zero-order valence-corrected chi connectivity index (χ0v) is 15.5. The quantitative estimate of drug-likeness (QED) is 0.712. The number of hydrogen-bond donors (Lipinski definition) is 1. The number of fused-ring (bicyclic) bond motifs is 1. The summed E-state index contributed by atoms with van der Waals surface area (Å²) in [5, 5.41) is 6.89. The van der Waals surface area contributed by atoms with Crippen molar-refractivity contribution >= 4 is 22.6 Å². The van der Waals surface area contributed by atoms with Crippen LogP contribution >= 0.6 is 0 Å². The largest absolute Gasteiger partial charge is 0.417 e. The van der Waals surface area contributed by atoms with E-state index >= 15 is 0 Å². The number of benzene rings is 1. The summed E-state index contributed by atoms with van der Waals surface area (Å²) in [5.41, 5.74) is 1.61. The first-order valence-corrected chi connectivity index (χ1v) is 9.04. The highest BCUT2D eigenvalue weighted by Crippen LogP contribution is 2.43. The molecule has 4 rings (SSSR count). The number of nitrogens with one attached hydrogen (secondary N) is 1. The van der Waals surface area contributed by atoms with E-state index in [0.29, 0.717) is 11.4 Å². The van der Waals surface area contributed by atoms with Gasteiger partial charge in [0, 0.05) is 17.3 Å². The highest BCUT2D eigenvalue weighted by Gasteiger charge is 2.37. The molecule has 2 aromatic heterocycles. The molecule has 3 aromatic rings. The first-order chi connectivity index (χ1) is 13.2. The second-order valence-electron chi connectivity index (χ2n) is 7.23. The number of rotatable bonds is 4. The van der Waals surface area contributed by atoms with E-state index in [0.717, 1.165) is 24.5 Å². The minimum atomic E-state index is -4.51. The zero-order valence-electron chi connectivity index (χ0n) is 15.5. The van der Waals surface area contributed by atoms with Gasteiger partial charge in [0.1, 0.15) is 6.54 Å². The highest BCUT2D eigenvalue weighted by atomic mass is 19.4. The Hall–Kier alpha value is -2.90. The van der Waals surface area contributed by atoms with E-state index in [1.165, 1.54) is 11.6 Å². The van der Waals surface area contributed by atoms with E-state index in [-0.39, 0.29) is 35.1 Å². The van der Waals surface area contributed by atoms with Crippen LogP contribution in [-0.4, -0.2) is 20.7 Å². The Morgan fingerprint density at radius 2 is 2.00 bits per heavy atom. The summed E-state index contributed by atoms with van der Waals surface area (Å²) in [6, 6.07) is 8.42. The molecular weight excluding hydrogens is 369 g/mol. The van der Waals surface area contributed by atoms with Crippen LogP contribution in [0.1, 0.15) is 41.3 Å². The topological polar surface area (TPSA) is 59.8 Å². The molecule has 5 nitrogen and oxygen atoms in total. The summed E-state index contributed by atoms with van der Waals surface area (Å²) in [6.45, 7) is 3.20. The fourth-order valence-electron chi connectivity index (χ4n) is 3.35. The fraction of sp³-hybridized carbons (Fsp3) is 0.350. The van der Waals surface area contributed by atoms with Crippen molar-refractivity contribution in [3.05, 3.63) is 52.8 Å². The number of aryl methyl sites for hydroxylation is 2. The van der Waals surface area contributed by atoms with E-state index < -0.39 is 11.7 Å². The maximum absolute atomic E-state index is 13.6. The monoisotopic (exact) mass is 388 g/mol. The van der Waals surface area contributed by atoms with Gasteiger partial charge in [0.15, 0.2) is 5.65 Å². The maximum Gasteiger partial charge on any atom is 0.417 e. The Morgan fingerprint density at radius 3 is 2.64 bits per heavy atom. The van der Waals surface area contributed by atoms with Crippen LogP contribution in [0.4, 0.5) is 18.9 Å². The summed E-state index contributed by atoms with van der Waals surface area (Å²) in [7, 11) is 0. The molecule has 0 unspecified atom stereocenters. The third-order valence-electron chi connectivity index (χ3n) is 4.79. The predicted molar refractivity (Wildman–Crippen MR) is 99.1 cm³/mol. The van der Waals surface area contributed by atoms with Gasteiger partial charge < -0.3 is 5.32 Å². The van der Waals surface area contributed by atoms with Crippen LogP contribution in [0, 0.1) is 13.8 Å².